The molecule has 4 atom stereocenters. The standard InChI is InChI=1S/C13H25NO/c1-10-6-3-4-7-11(10)14(2)12-8-5-9-13(12)15/h10-13,15H,3-9H2,1-2H3. The van der Waals surface area contributed by atoms with Crippen LogP contribution in [0.25, 0.3) is 0 Å². The lowest BCUT2D eigenvalue weighted by molar-refractivity contribution is 0.0320. The molecule has 2 aliphatic rings. The van der Waals surface area contributed by atoms with Crippen molar-refractivity contribution in [1.82, 2.24) is 4.90 Å². The van der Waals surface area contributed by atoms with Gasteiger partial charge in [0.1, 0.15) is 0 Å². The van der Waals surface area contributed by atoms with Gasteiger partial charge in [0.05, 0.1) is 6.10 Å². The normalized spacial score (nSPS) is 42.4. The summed E-state index contributed by atoms with van der Waals surface area (Å²) in [6, 6.07) is 1.16. The second kappa shape index (κ2) is 4.84. The quantitative estimate of drug-likeness (QED) is 0.758. The summed E-state index contributed by atoms with van der Waals surface area (Å²) >= 11 is 0. The van der Waals surface area contributed by atoms with Crippen molar-refractivity contribution in [3.8, 4) is 0 Å². The third kappa shape index (κ3) is 2.36. The summed E-state index contributed by atoms with van der Waals surface area (Å²) in [5.74, 6) is 0.816. The first-order valence-corrected chi connectivity index (χ1v) is 6.60. The summed E-state index contributed by atoms with van der Waals surface area (Å²) < 4.78 is 0. The van der Waals surface area contributed by atoms with Crippen LogP contribution in [0.15, 0.2) is 0 Å². The summed E-state index contributed by atoms with van der Waals surface area (Å²) in [5.41, 5.74) is 0. The first-order chi connectivity index (χ1) is 7.20. The largest absolute Gasteiger partial charge is 0.391 e. The molecule has 0 aromatic heterocycles. The predicted octanol–water partition coefficient (Wildman–Crippen LogP) is 2.41. The van der Waals surface area contributed by atoms with E-state index in [0.717, 1.165) is 18.4 Å². The van der Waals surface area contributed by atoms with Gasteiger partial charge in [0.2, 0.25) is 0 Å². The van der Waals surface area contributed by atoms with Gasteiger partial charge in [-0.2, -0.15) is 0 Å². The van der Waals surface area contributed by atoms with E-state index in [0.29, 0.717) is 6.04 Å². The Labute approximate surface area is 93.7 Å². The fourth-order valence-electron chi connectivity index (χ4n) is 3.54. The molecule has 2 nitrogen and oxygen atoms in total. The SMILES string of the molecule is CC1CCCCC1N(C)C1CCCC1O. The topological polar surface area (TPSA) is 23.5 Å². The predicted molar refractivity (Wildman–Crippen MR) is 62.8 cm³/mol. The van der Waals surface area contributed by atoms with E-state index in [1.54, 1.807) is 0 Å². The van der Waals surface area contributed by atoms with Crippen LogP contribution in [0.5, 0.6) is 0 Å². The van der Waals surface area contributed by atoms with Gasteiger partial charge in [0.25, 0.3) is 0 Å². The number of aliphatic hydroxyl groups excluding tert-OH is 1. The minimum absolute atomic E-state index is 0.0656. The van der Waals surface area contributed by atoms with Gasteiger partial charge >= 0.3 is 0 Å². The summed E-state index contributed by atoms with van der Waals surface area (Å²) in [7, 11) is 2.23. The highest BCUT2D eigenvalue weighted by Crippen LogP contribution is 2.32. The third-order valence-electron chi connectivity index (χ3n) is 4.56. The zero-order valence-electron chi connectivity index (χ0n) is 10.2. The molecule has 4 unspecified atom stereocenters. The Bertz CT molecular complexity index is 207. The molecule has 2 heteroatoms. The van der Waals surface area contributed by atoms with Crippen molar-refractivity contribution < 1.29 is 5.11 Å². The minimum atomic E-state index is -0.0656. The van der Waals surface area contributed by atoms with Crippen LogP contribution in [0.1, 0.15) is 51.9 Å². The maximum absolute atomic E-state index is 9.93. The molecule has 2 rings (SSSR count). The van der Waals surface area contributed by atoms with Crippen LogP contribution in [0.3, 0.4) is 0 Å². The van der Waals surface area contributed by atoms with Gasteiger partial charge in [-0.1, -0.05) is 19.8 Å². The Morgan fingerprint density at radius 3 is 2.20 bits per heavy atom. The van der Waals surface area contributed by atoms with Gasteiger partial charge in [-0.25, -0.2) is 0 Å². The molecule has 0 spiro atoms. The molecule has 2 saturated carbocycles. The number of rotatable bonds is 2. The van der Waals surface area contributed by atoms with E-state index in [1.165, 1.54) is 38.5 Å². The minimum Gasteiger partial charge on any atom is -0.391 e. The summed E-state index contributed by atoms with van der Waals surface area (Å²) in [6.07, 6.45) is 8.83. The molecule has 0 aromatic rings. The van der Waals surface area contributed by atoms with Crippen LogP contribution >= 0.6 is 0 Å². The first kappa shape index (κ1) is 11.4. The zero-order chi connectivity index (χ0) is 10.8. The van der Waals surface area contributed by atoms with E-state index in [4.69, 9.17) is 0 Å². The fourth-order valence-corrected chi connectivity index (χ4v) is 3.54. The van der Waals surface area contributed by atoms with Crippen LogP contribution in [0, 0.1) is 5.92 Å². The Hall–Kier alpha value is -0.0800. The number of hydrogen-bond donors (Lipinski definition) is 1. The lowest BCUT2D eigenvalue weighted by atomic mass is 9.84. The van der Waals surface area contributed by atoms with Crippen LogP contribution in [-0.4, -0.2) is 35.2 Å². The van der Waals surface area contributed by atoms with Crippen molar-refractivity contribution in [3.63, 3.8) is 0 Å². The third-order valence-corrected chi connectivity index (χ3v) is 4.56. The van der Waals surface area contributed by atoms with Gasteiger partial charge in [0, 0.05) is 12.1 Å². The van der Waals surface area contributed by atoms with E-state index < -0.39 is 0 Å². The number of nitrogens with zero attached hydrogens (tertiary/aromatic N) is 1. The van der Waals surface area contributed by atoms with Gasteiger partial charge in [-0.05, 0) is 45.1 Å². The average molecular weight is 211 g/mol. The molecule has 2 fully saturated rings. The average Bonchev–Trinajstić information content (AvgIpc) is 2.64. The summed E-state index contributed by atoms with van der Waals surface area (Å²) in [4.78, 5) is 2.49. The van der Waals surface area contributed by atoms with Crippen molar-refractivity contribution in [1.29, 1.82) is 0 Å². The van der Waals surface area contributed by atoms with Crippen LogP contribution in [-0.2, 0) is 0 Å². The molecule has 0 bridgehead atoms. The van der Waals surface area contributed by atoms with E-state index in [2.05, 4.69) is 18.9 Å². The van der Waals surface area contributed by atoms with Crippen molar-refractivity contribution >= 4 is 0 Å². The van der Waals surface area contributed by atoms with Gasteiger partial charge < -0.3 is 5.11 Å². The van der Waals surface area contributed by atoms with Gasteiger partial charge in [-0.3, -0.25) is 4.90 Å². The maximum atomic E-state index is 9.93. The zero-order valence-corrected chi connectivity index (χ0v) is 10.2. The van der Waals surface area contributed by atoms with E-state index in [9.17, 15) is 5.11 Å². The van der Waals surface area contributed by atoms with E-state index >= 15 is 0 Å². The molecule has 0 heterocycles. The Morgan fingerprint density at radius 1 is 0.933 bits per heavy atom. The lowest BCUT2D eigenvalue weighted by Crippen LogP contribution is -2.47. The molecule has 0 aromatic carbocycles. The molecule has 0 radical (unpaired) electrons. The molecule has 0 saturated heterocycles. The first-order valence-electron chi connectivity index (χ1n) is 6.60. The Morgan fingerprint density at radius 2 is 1.60 bits per heavy atom. The van der Waals surface area contributed by atoms with Crippen molar-refractivity contribution in [3.05, 3.63) is 0 Å². The van der Waals surface area contributed by atoms with Crippen molar-refractivity contribution in [2.24, 2.45) is 5.92 Å². The lowest BCUT2D eigenvalue weighted by Gasteiger charge is -2.40. The Kier molecular flexibility index (Phi) is 3.68. The molecule has 2 aliphatic carbocycles. The second-order valence-electron chi connectivity index (χ2n) is 5.56. The summed E-state index contributed by atoms with van der Waals surface area (Å²) in [6.45, 7) is 2.38. The molecule has 0 aliphatic heterocycles. The Balaban J connectivity index is 1.96. The van der Waals surface area contributed by atoms with Gasteiger partial charge in [-0.15, -0.1) is 0 Å². The molecule has 1 N–H and O–H groups in total. The van der Waals surface area contributed by atoms with E-state index in [1.807, 2.05) is 0 Å². The second-order valence-corrected chi connectivity index (χ2v) is 5.56. The smallest absolute Gasteiger partial charge is 0.0695 e. The number of hydrogen-bond acceptors (Lipinski definition) is 2. The number of likely N-dealkylation sites (N-methyl/N-ethyl adjacent to an activating group) is 1. The van der Waals surface area contributed by atoms with Crippen LogP contribution in [0.2, 0.25) is 0 Å². The van der Waals surface area contributed by atoms with Crippen LogP contribution < -0.4 is 0 Å². The molecule has 88 valence electrons. The molecular weight excluding hydrogens is 186 g/mol. The van der Waals surface area contributed by atoms with Crippen molar-refractivity contribution in [2.75, 3.05) is 7.05 Å². The highest BCUT2D eigenvalue weighted by Gasteiger charge is 2.34. The van der Waals surface area contributed by atoms with Crippen LogP contribution in [0.4, 0.5) is 0 Å². The highest BCUT2D eigenvalue weighted by molar-refractivity contribution is 4.89. The van der Waals surface area contributed by atoms with Crippen molar-refractivity contribution in [2.45, 2.75) is 70.1 Å². The molecular formula is C13H25NO. The monoisotopic (exact) mass is 211 g/mol. The summed E-state index contributed by atoms with van der Waals surface area (Å²) in [5, 5.41) is 9.93. The molecule has 0 amide bonds. The highest BCUT2D eigenvalue weighted by atomic mass is 16.3. The maximum Gasteiger partial charge on any atom is 0.0695 e. The van der Waals surface area contributed by atoms with E-state index in [-0.39, 0.29) is 6.10 Å². The van der Waals surface area contributed by atoms with Gasteiger partial charge in [0.15, 0.2) is 0 Å². The fraction of sp³-hybridized carbons (Fsp3) is 1.00. The number of aliphatic hydroxyl groups is 1. The molecule has 15 heavy (non-hydrogen) atoms.